The molecule has 0 unspecified atom stereocenters. The van der Waals surface area contributed by atoms with Gasteiger partial charge in [-0.15, -0.1) is 0 Å². The lowest BCUT2D eigenvalue weighted by atomic mass is 10.2. The van der Waals surface area contributed by atoms with Crippen molar-refractivity contribution in [2.75, 3.05) is 42.5 Å². The Morgan fingerprint density at radius 3 is 2.11 bits per heavy atom. The van der Waals surface area contributed by atoms with Crippen LogP contribution < -0.4 is 9.62 Å². The summed E-state index contributed by atoms with van der Waals surface area (Å²) in [6, 6.07) is 20.6. The van der Waals surface area contributed by atoms with E-state index in [9.17, 15) is 21.6 Å². The number of aryl methyl sites for hydroxylation is 1. The Balaban J connectivity index is 1.54. The molecule has 0 atom stereocenters. The van der Waals surface area contributed by atoms with Gasteiger partial charge in [0.1, 0.15) is 6.54 Å². The predicted octanol–water partition coefficient (Wildman–Crippen LogP) is 2.85. The van der Waals surface area contributed by atoms with Crippen molar-refractivity contribution in [3.63, 3.8) is 0 Å². The summed E-state index contributed by atoms with van der Waals surface area (Å²) in [5.41, 5.74) is 1.44. The Morgan fingerprint density at radius 2 is 1.47 bits per heavy atom. The van der Waals surface area contributed by atoms with Gasteiger partial charge in [-0.3, -0.25) is 9.10 Å². The molecule has 1 heterocycles. The zero-order chi connectivity index (χ0) is 25.8. The van der Waals surface area contributed by atoms with Crippen LogP contribution in [0, 0.1) is 6.92 Å². The number of nitrogens with one attached hydrogen (secondary N) is 1. The second kappa shape index (κ2) is 10.8. The molecule has 1 aliphatic rings. The van der Waals surface area contributed by atoms with Gasteiger partial charge in [-0.2, -0.15) is 4.31 Å². The molecule has 1 saturated heterocycles. The molecule has 9 nitrogen and oxygen atoms in total. The van der Waals surface area contributed by atoms with Gasteiger partial charge in [0.25, 0.3) is 10.0 Å². The number of para-hydroxylation sites is 1. The number of carbonyl (C=O) groups is 1. The highest BCUT2D eigenvalue weighted by molar-refractivity contribution is 7.92. The molecule has 0 spiro atoms. The molecule has 0 aromatic heterocycles. The van der Waals surface area contributed by atoms with Gasteiger partial charge in [0.05, 0.1) is 28.7 Å². The summed E-state index contributed by atoms with van der Waals surface area (Å²) in [7, 11) is -7.69. The summed E-state index contributed by atoms with van der Waals surface area (Å²) in [6.07, 6.45) is 0. The van der Waals surface area contributed by atoms with Crippen LogP contribution in [0.2, 0.25) is 0 Å². The lowest BCUT2D eigenvalue weighted by molar-refractivity contribution is -0.114. The zero-order valence-electron chi connectivity index (χ0n) is 19.7. The zero-order valence-corrected chi connectivity index (χ0v) is 21.3. The maximum atomic E-state index is 13.4. The number of anilines is 2. The molecule has 4 rings (SSSR count). The monoisotopic (exact) mass is 529 g/mol. The third-order valence-electron chi connectivity index (χ3n) is 5.75. The van der Waals surface area contributed by atoms with E-state index in [1.54, 1.807) is 49.4 Å². The summed E-state index contributed by atoms with van der Waals surface area (Å²) in [5, 5.41) is 2.67. The number of hydrogen-bond acceptors (Lipinski definition) is 6. The minimum absolute atomic E-state index is 0.0683. The summed E-state index contributed by atoms with van der Waals surface area (Å²) >= 11 is 0. The number of morpholine rings is 1. The van der Waals surface area contributed by atoms with Crippen molar-refractivity contribution in [2.45, 2.75) is 16.7 Å². The smallest absolute Gasteiger partial charge is 0.264 e. The van der Waals surface area contributed by atoms with Gasteiger partial charge in [-0.05, 0) is 55.0 Å². The fourth-order valence-electron chi connectivity index (χ4n) is 3.84. The van der Waals surface area contributed by atoms with E-state index in [-0.39, 0.29) is 22.9 Å². The van der Waals surface area contributed by atoms with Crippen LogP contribution >= 0.6 is 0 Å². The Hall–Kier alpha value is -3.25. The summed E-state index contributed by atoms with van der Waals surface area (Å²) < 4.78 is 60.2. The standard InChI is InChI=1S/C25H27N3O6S2/c1-20-7-5-6-10-24(20)28(36(32,33)22-8-3-2-4-9-22)19-25(29)26-21-11-13-23(14-12-21)35(30,31)27-15-17-34-18-16-27/h2-14H,15-19H2,1H3,(H,26,29). The van der Waals surface area contributed by atoms with Gasteiger partial charge in [-0.1, -0.05) is 36.4 Å². The summed E-state index contributed by atoms with van der Waals surface area (Å²) in [6.45, 7) is 2.56. The first-order valence-corrected chi connectivity index (χ1v) is 14.2. The van der Waals surface area contributed by atoms with Crippen molar-refractivity contribution < 1.29 is 26.4 Å². The number of ether oxygens (including phenoxy) is 1. The van der Waals surface area contributed by atoms with Crippen molar-refractivity contribution in [1.82, 2.24) is 4.31 Å². The average molecular weight is 530 g/mol. The van der Waals surface area contributed by atoms with Crippen LogP contribution in [0.5, 0.6) is 0 Å². The Kier molecular flexibility index (Phi) is 7.74. The van der Waals surface area contributed by atoms with Crippen LogP contribution in [0.1, 0.15) is 5.56 Å². The van der Waals surface area contributed by atoms with Gasteiger partial charge in [0.2, 0.25) is 15.9 Å². The van der Waals surface area contributed by atoms with E-state index >= 15 is 0 Å². The lowest BCUT2D eigenvalue weighted by Gasteiger charge is -2.26. The molecule has 11 heteroatoms. The second-order valence-corrected chi connectivity index (χ2v) is 12.0. The highest BCUT2D eigenvalue weighted by Gasteiger charge is 2.29. The van der Waals surface area contributed by atoms with Crippen LogP contribution in [-0.2, 0) is 29.6 Å². The SMILES string of the molecule is Cc1ccccc1N(CC(=O)Nc1ccc(S(=O)(=O)N2CCOCC2)cc1)S(=O)(=O)c1ccccc1. The molecular formula is C25H27N3O6S2. The van der Waals surface area contributed by atoms with Crippen LogP contribution in [0.15, 0.2) is 88.7 Å². The number of hydrogen-bond donors (Lipinski definition) is 1. The molecule has 0 saturated carbocycles. The van der Waals surface area contributed by atoms with Gasteiger partial charge < -0.3 is 10.1 Å². The third-order valence-corrected chi connectivity index (χ3v) is 9.44. The van der Waals surface area contributed by atoms with E-state index in [2.05, 4.69) is 5.32 Å². The predicted molar refractivity (Wildman–Crippen MR) is 137 cm³/mol. The summed E-state index contributed by atoms with van der Waals surface area (Å²) in [4.78, 5) is 13.1. The molecule has 3 aromatic rings. The molecule has 1 fully saturated rings. The van der Waals surface area contributed by atoms with E-state index in [4.69, 9.17) is 4.74 Å². The van der Waals surface area contributed by atoms with Gasteiger partial charge >= 0.3 is 0 Å². The molecule has 0 aliphatic carbocycles. The molecule has 1 amide bonds. The highest BCUT2D eigenvalue weighted by atomic mass is 32.2. The number of carbonyl (C=O) groups excluding carboxylic acids is 1. The molecule has 1 aliphatic heterocycles. The van der Waals surface area contributed by atoms with Crippen LogP contribution in [0.3, 0.4) is 0 Å². The first-order valence-electron chi connectivity index (χ1n) is 11.3. The van der Waals surface area contributed by atoms with Crippen LogP contribution in [-0.4, -0.2) is 59.9 Å². The number of amides is 1. The topological polar surface area (TPSA) is 113 Å². The number of nitrogens with zero attached hydrogens (tertiary/aromatic N) is 2. The normalized spacial score (nSPS) is 14.8. The molecule has 190 valence electrons. The lowest BCUT2D eigenvalue weighted by Crippen LogP contribution is -2.40. The van der Waals surface area contributed by atoms with Crippen molar-refractivity contribution >= 4 is 37.3 Å². The minimum Gasteiger partial charge on any atom is -0.379 e. The van der Waals surface area contributed by atoms with Crippen molar-refractivity contribution in [3.05, 3.63) is 84.4 Å². The van der Waals surface area contributed by atoms with E-state index in [1.807, 2.05) is 0 Å². The molecule has 36 heavy (non-hydrogen) atoms. The number of sulfonamides is 2. The largest absolute Gasteiger partial charge is 0.379 e. The van der Waals surface area contributed by atoms with Gasteiger partial charge in [-0.25, -0.2) is 16.8 Å². The van der Waals surface area contributed by atoms with Crippen LogP contribution in [0.25, 0.3) is 0 Å². The fraction of sp³-hybridized carbons (Fsp3) is 0.240. The van der Waals surface area contributed by atoms with Gasteiger partial charge in [0, 0.05) is 18.8 Å². The van der Waals surface area contributed by atoms with Crippen molar-refractivity contribution in [2.24, 2.45) is 0 Å². The number of rotatable bonds is 8. The van der Waals surface area contributed by atoms with E-state index in [0.29, 0.717) is 30.2 Å². The van der Waals surface area contributed by atoms with E-state index in [0.717, 1.165) is 4.31 Å². The Bertz CT molecular complexity index is 1420. The molecule has 0 bridgehead atoms. The van der Waals surface area contributed by atoms with Crippen molar-refractivity contribution in [3.8, 4) is 0 Å². The number of benzene rings is 3. The van der Waals surface area contributed by atoms with Gasteiger partial charge in [0.15, 0.2) is 0 Å². The Labute approximate surface area is 211 Å². The molecule has 3 aromatic carbocycles. The van der Waals surface area contributed by atoms with Crippen LogP contribution in [0.4, 0.5) is 11.4 Å². The molecule has 0 radical (unpaired) electrons. The highest BCUT2D eigenvalue weighted by Crippen LogP contribution is 2.27. The second-order valence-electron chi connectivity index (χ2n) is 8.20. The molecular weight excluding hydrogens is 502 g/mol. The minimum atomic E-state index is -4.03. The maximum absolute atomic E-state index is 13.4. The van der Waals surface area contributed by atoms with E-state index < -0.39 is 32.5 Å². The molecule has 1 N–H and O–H groups in total. The van der Waals surface area contributed by atoms with E-state index in [1.165, 1.54) is 40.7 Å². The fourth-order valence-corrected chi connectivity index (χ4v) is 6.75. The third kappa shape index (κ3) is 5.59. The first-order chi connectivity index (χ1) is 17.2. The van der Waals surface area contributed by atoms with Crippen molar-refractivity contribution in [1.29, 1.82) is 0 Å². The quantitative estimate of drug-likeness (QED) is 0.480. The first kappa shape index (κ1) is 25.8. The summed E-state index contributed by atoms with van der Waals surface area (Å²) in [5.74, 6) is -0.568. The maximum Gasteiger partial charge on any atom is 0.264 e. The average Bonchev–Trinajstić information content (AvgIpc) is 2.89. The Morgan fingerprint density at radius 1 is 0.861 bits per heavy atom.